The van der Waals surface area contributed by atoms with Crippen LogP contribution in [0.15, 0.2) is 12.3 Å². The topological polar surface area (TPSA) is 73.6 Å². The fraction of sp³-hybridized carbons (Fsp3) is 0.583. The van der Waals surface area contributed by atoms with Crippen LogP contribution in [0.2, 0.25) is 0 Å². The Kier molecular flexibility index (Phi) is 2.65. The summed E-state index contributed by atoms with van der Waals surface area (Å²) in [5.74, 6) is 0.579. The number of nitriles is 1. The molecule has 1 aromatic rings. The Morgan fingerprint density at radius 1 is 1.35 bits per heavy atom. The van der Waals surface area contributed by atoms with E-state index >= 15 is 0 Å². The van der Waals surface area contributed by atoms with Crippen molar-refractivity contribution in [3.63, 3.8) is 0 Å². The first kappa shape index (κ1) is 10.5. The quantitative estimate of drug-likeness (QED) is 0.792. The Morgan fingerprint density at radius 3 is 2.82 bits per heavy atom. The Bertz CT molecular complexity index is 440. The summed E-state index contributed by atoms with van der Waals surface area (Å²) in [6.45, 7) is 0. The van der Waals surface area contributed by atoms with E-state index < -0.39 is 0 Å². The van der Waals surface area contributed by atoms with Crippen molar-refractivity contribution < 1.29 is 0 Å². The summed E-state index contributed by atoms with van der Waals surface area (Å²) in [6, 6.07) is 5.37. The van der Waals surface area contributed by atoms with Crippen molar-refractivity contribution in [1.29, 1.82) is 5.26 Å². The van der Waals surface area contributed by atoms with E-state index in [9.17, 15) is 0 Å². The van der Waals surface area contributed by atoms with Gasteiger partial charge in [-0.15, -0.1) is 0 Å². The van der Waals surface area contributed by atoms with E-state index in [4.69, 9.17) is 5.26 Å². The predicted molar refractivity (Wildman–Crippen MR) is 63.3 cm³/mol. The molecule has 2 fully saturated rings. The first-order chi connectivity index (χ1) is 8.33. The number of hydrogen-bond acceptors (Lipinski definition) is 5. The lowest BCUT2D eigenvalue weighted by atomic mass is 10.0. The van der Waals surface area contributed by atoms with Crippen LogP contribution in [0, 0.1) is 11.3 Å². The standard InChI is InChI=1S/C12H15N5/c13-7-10-3-4-14-12(16-10)17-11-5-8-1-2-9(6-11)15-8/h3-4,8-9,11,15H,1-2,5-6H2,(H,14,16,17). The highest BCUT2D eigenvalue weighted by molar-refractivity contribution is 5.31. The highest BCUT2D eigenvalue weighted by Gasteiger charge is 2.33. The molecule has 2 aliphatic rings. The van der Waals surface area contributed by atoms with Crippen molar-refractivity contribution in [1.82, 2.24) is 15.3 Å². The van der Waals surface area contributed by atoms with Crippen LogP contribution in [-0.4, -0.2) is 28.1 Å². The van der Waals surface area contributed by atoms with Gasteiger partial charge in [0.25, 0.3) is 0 Å². The molecule has 2 saturated heterocycles. The summed E-state index contributed by atoms with van der Waals surface area (Å²) < 4.78 is 0. The molecule has 0 radical (unpaired) electrons. The zero-order chi connectivity index (χ0) is 11.7. The van der Waals surface area contributed by atoms with Crippen LogP contribution < -0.4 is 10.6 Å². The first-order valence-electron chi connectivity index (χ1n) is 6.09. The van der Waals surface area contributed by atoms with Gasteiger partial charge in [-0.2, -0.15) is 5.26 Å². The number of fused-ring (bicyclic) bond motifs is 2. The summed E-state index contributed by atoms with van der Waals surface area (Å²) >= 11 is 0. The molecule has 0 aromatic carbocycles. The molecule has 88 valence electrons. The van der Waals surface area contributed by atoms with Crippen molar-refractivity contribution in [2.75, 3.05) is 5.32 Å². The van der Waals surface area contributed by atoms with Crippen LogP contribution in [0.4, 0.5) is 5.95 Å². The monoisotopic (exact) mass is 229 g/mol. The van der Waals surface area contributed by atoms with Crippen LogP contribution in [0.5, 0.6) is 0 Å². The van der Waals surface area contributed by atoms with Crippen LogP contribution in [-0.2, 0) is 0 Å². The van der Waals surface area contributed by atoms with Crippen LogP contribution >= 0.6 is 0 Å². The van der Waals surface area contributed by atoms with Crippen molar-refractivity contribution in [3.8, 4) is 6.07 Å². The Labute approximate surface area is 100 Å². The second kappa shape index (κ2) is 4.30. The number of rotatable bonds is 2. The molecule has 2 atom stereocenters. The van der Waals surface area contributed by atoms with E-state index in [1.54, 1.807) is 12.3 Å². The number of nitrogens with zero attached hydrogens (tertiary/aromatic N) is 3. The second-order valence-electron chi connectivity index (χ2n) is 4.83. The molecule has 5 heteroatoms. The number of anilines is 1. The summed E-state index contributed by atoms with van der Waals surface area (Å²) in [7, 11) is 0. The molecule has 5 nitrogen and oxygen atoms in total. The van der Waals surface area contributed by atoms with Gasteiger partial charge in [-0.3, -0.25) is 0 Å². The molecule has 1 aromatic heterocycles. The highest BCUT2D eigenvalue weighted by Crippen LogP contribution is 2.28. The first-order valence-corrected chi connectivity index (χ1v) is 6.09. The van der Waals surface area contributed by atoms with Gasteiger partial charge in [0.2, 0.25) is 5.95 Å². The molecule has 17 heavy (non-hydrogen) atoms. The van der Waals surface area contributed by atoms with Crippen molar-refractivity contribution in [2.24, 2.45) is 0 Å². The van der Waals surface area contributed by atoms with Gasteiger partial charge >= 0.3 is 0 Å². The number of aromatic nitrogens is 2. The van der Waals surface area contributed by atoms with Crippen molar-refractivity contribution in [3.05, 3.63) is 18.0 Å². The highest BCUT2D eigenvalue weighted by atomic mass is 15.1. The summed E-state index contributed by atoms with van der Waals surface area (Å²) in [5, 5.41) is 15.7. The molecule has 2 bridgehead atoms. The fourth-order valence-corrected chi connectivity index (χ4v) is 2.85. The third-order valence-corrected chi connectivity index (χ3v) is 3.58. The maximum absolute atomic E-state index is 8.78. The Morgan fingerprint density at radius 2 is 2.12 bits per heavy atom. The summed E-state index contributed by atoms with van der Waals surface area (Å²) in [4.78, 5) is 8.31. The lowest BCUT2D eigenvalue weighted by Crippen LogP contribution is -2.43. The molecule has 2 unspecified atom stereocenters. The lowest BCUT2D eigenvalue weighted by molar-refractivity contribution is 0.377. The third kappa shape index (κ3) is 2.22. The van der Waals surface area contributed by atoms with Crippen LogP contribution in [0.25, 0.3) is 0 Å². The largest absolute Gasteiger partial charge is 0.351 e. The zero-order valence-electron chi connectivity index (χ0n) is 9.56. The van der Waals surface area contributed by atoms with E-state index in [1.807, 2.05) is 6.07 Å². The maximum Gasteiger partial charge on any atom is 0.224 e. The number of nitrogens with one attached hydrogen (secondary N) is 2. The normalized spacial score (nSPS) is 30.9. The lowest BCUT2D eigenvalue weighted by Gasteiger charge is -2.29. The Hall–Kier alpha value is -1.67. The molecule has 0 spiro atoms. The molecule has 0 saturated carbocycles. The molecule has 0 amide bonds. The van der Waals surface area contributed by atoms with E-state index in [1.165, 1.54) is 12.8 Å². The predicted octanol–water partition coefficient (Wildman–Crippen LogP) is 1.04. The maximum atomic E-state index is 8.78. The molecule has 2 aliphatic heterocycles. The molecular formula is C12H15N5. The van der Waals surface area contributed by atoms with Gasteiger partial charge < -0.3 is 10.6 Å². The summed E-state index contributed by atoms with van der Waals surface area (Å²) in [6.07, 6.45) is 6.43. The molecule has 2 N–H and O–H groups in total. The van der Waals surface area contributed by atoms with Gasteiger partial charge in [-0.1, -0.05) is 0 Å². The molecule has 3 rings (SSSR count). The fourth-order valence-electron chi connectivity index (χ4n) is 2.85. The molecule has 3 heterocycles. The zero-order valence-corrected chi connectivity index (χ0v) is 9.56. The van der Waals surface area contributed by atoms with Gasteiger partial charge in [0.1, 0.15) is 11.8 Å². The SMILES string of the molecule is N#Cc1ccnc(NC2CC3CCC(C2)N3)n1. The second-order valence-corrected chi connectivity index (χ2v) is 4.83. The molecule has 0 aliphatic carbocycles. The summed E-state index contributed by atoms with van der Waals surface area (Å²) in [5.41, 5.74) is 0.416. The average Bonchev–Trinajstić information content (AvgIpc) is 2.69. The van der Waals surface area contributed by atoms with Gasteiger partial charge in [0, 0.05) is 24.3 Å². The van der Waals surface area contributed by atoms with Gasteiger partial charge in [-0.05, 0) is 31.7 Å². The Balaban J connectivity index is 1.68. The van der Waals surface area contributed by atoms with Gasteiger partial charge in [0.05, 0.1) is 0 Å². The molecular weight excluding hydrogens is 214 g/mol. The minimum atomic E-state index is 0.416. The van der Waals surface area contributed by atoms with Crippen LogP contribution in [0.3, 0.4) is 0 Å². The van der Waals surface area contributed by atoms with E-state index in [-0.39, 0.29) is 0 Å². The smallest absolute Gasteiger partial charge is 0.224 e. The number of piperidine rings is 1. The van der Waals surface area contributed by atoms with Crippen molar-refractivity contribution in [2.45, 2.75) is 43.8 Å². The van der Waals surface area contributed by atoms with E-state index in [2.05, 4.69) is 20.6 Å². The third-order valence-electron chi connectivity index (χ3n) is 3.58. The van der Waals surface area contributed by atoms with E-state index in [0.29, 0.717) is 29.8 Å². The van der Waals surface area contributed by atoms with Gasteiger partial charge in [-0.25, -0.2) is 9.97 Å². The van der Waals surface area contributed by atoms with E-state index in [0.717, 1.165) is 12.8 Å². The number of hydrogen-bond donors (Lipinski definition) is 2. The minimum Gasteiger partial charge on any atom is -0.351 e. The average molecular weight is 229 g/mol. The van der Waals surface area contributed by atoms with Crippen LogP contribution in [0.1, 0.15) is 31.4 Å². The van der Waals surface area contributed by atoms with Gasteiger partial charge in [0.15, 0.2) is 0 Å². The van der Waals surface area contributed by atoms with Crippen molar-refractivity contribution >= 4 is 5.95 Å². The minimum absolute atomic E-state index is 0.416.